The van der Waals surface area contributed by atoms with Gasteiger partial charge < -0.3 is 11.1 Å². The van der Waals surface area contributed by atoms with Gasteiger partial charge in [0.2, 0.25) is 0 Å². The molecule has 0 aliphatic heterocycles. The lowest BCUT2D eigenvalue weighted by Gasteiger charge is -2.20. The van der Waals surface area contributed by atoms with Crippen LogP contribution in [0.3, 0.4) is 0 Å². The highest BCUT2D eigenvalue weighted by molar-refractivity contribution is 4.78. The lowest BCUT2D eigenvalue weighted by molar-refractivity contribution is 0.424. The Kier molecular flexibility index (Phi) is 3.91. The molecule has 0 radical (unpaired) electrons. The summed E-state index contributed by atoms with van der Waals surface area (Å²) in [6.07, 6.45) is 3.79. The van der Waals surface area contributed by atoms with Crippen molar-refractivity contribution in [3.8, 4) is 6.19 Å². The Hall–Kier alpha value is -0.750. The van der Waals surface area contributed by atoms with E-state index in [0.29, 0.717) is 0 Å². The minimum absolute atomic E-state index is 0.120. The smallest absolute Gasteiger partial charge is 0.176 e. The fraction of sp³-hybridized carbons (Fsp3) is 0.875. The van der Waals surface area contributed by atoms with Crippen molar-refractivity contribution in [1.29, 1.82) is 5.26 Å². The summed E-state index contributed by atoms with van der Waals surface area (Å²) in [6.45, 7) is 5.97. The molecule has 0 aromatic heterocycles. The van der Waals surface area contributed by atoms with Crippen molar-refractivity contribution >= 4 is 0 Å². The van der Waals surface area contributed by atoms with Crippen LogP contribution in [0.4, 0.5) is 0 Å². The monoisotopic (exact) mass is 155 g/mol. The van der Waals surface area contributed by atoms with E-state index in [1.54, 1.807) is 0 Å². The van der Waals surface area contributed by atoms with E-state index < -0.39 is 0 Å². The standard InChI is InChI=1S/C8H17N3/c1-7(11-6-9)4-5-8(2,3)10/h7,11H,4-5,10H2,1-3H3. The Labute approximate surface area is 68.6 Å². The minimum atomic E-state index is -0.120. The Bertz CT molecular complexity index is 140. The molecular weight excluding hydrogens is 138 g/mol. The summed E-state index contributed by atoms with van der Waals surface area (Å²) in [5, 5.41) is 10.9. The first kappa shape index (κ1) is 10.2. The van der Waals surface area contributed by atoms with Crippen LogP contribution < -0.4 is 11.1 Å². The molecule has 64 valence electrons. The van der Waals surface area contributed by atoms with Gasteiger partial charge in [-0.05, 0) is 33.6 Å². The Morgan fingerprint density at radius 1 is 1.64 bits per heavy atom. The van der Waals surface area contributed by atoms with Crippen molar-refractivity contribution in [2.45, 2.75) is 45.2 Å². The van der Waals surface area contributed by atoms with Crippen LogP contribution in [0.15, 0.2) is 0 Å². The molecule has 0 spiro atoms. The molecule has 0 saturated heterocycles. The number of hydrogen-bond donors (Lipinski definition) is 2. The Balaban J connectivity index is 3.48. The van der Waals surface area contributed by atoms with Crippen LogP contribution in [0.5, 0.6) is 0 Å². The van der Waals surface area contributed by atoms with E-state index in [-0.39, 0.29) is 11.6 Å². The van der Waals surface area contributed by atoms with Gasteiger partial charge in [-0.1, -0.05) is 0 Å². The molecule has 0 aromatic carbocycles. The van der Waals surface area contributed by atoms with Crippen molar-refractivity contribution in [3.05, 3.63) is 0 Å². The van der Waals surface area contributed by atoms with Gasteiger partial charge in [0.15, 0.2) is 6.19 Å². The van der Waals surface area contributed by atoms with E-state index in [0.717, 1.165) is 12.8 Å². The topological polar surface area (TPSA) is 61.8 Å². The van der Waals surface area contributed by atoms with Crippen LogP contribution in [-0.4, -0.2) is 11.6 Å². The fourth-order valence-electron chi connectivity index (χ4n) is 0.771. The van der Waals surface area contributed by atoms with Crippen LogP contribution in [0.2, 0.25) is 0 Å². The van der Waals surface area contributed by atoms with Crippen molar-refractivity contribution in [1.82, 2.24) is 5.32 Å². The molecule has 0 aromatic rings. The van der Waals surface area contributed by atoms with E-state index >= 15 is 0 Å². The number of nitrogens with one attached hydrogen (secondary N) is 1. The number of rotatable bonds is 4. The molecule has 1 unspecified atom stereocenters. The van der Waals surface area contributed by atoms with Gasteiger partial charge in [0, 0.05) is 11.6 Å². The molecule has 0 fully saturated rings. The molecule has 0 aliphatic rings. The van der Waals surface area contributed by atoms with Gasteiger partial charge in [0.05, 0.1) is 0 Å². The highest BCUT2D eigenvalue weighted by Crippen LogP contribution is 2.08. The van der Waals surface area contributed by atoms with Gasteiger partial charge in [-0.15, -0.1) is 0 Å². The first-order valence-corrected chi connectivity index (χ1v) is 3.89. The molecule has 0 saturated carbocycles. The third kappa shape index (κ3) is 7.14. The predicted molar refractivity (Wildman–Crippen MR) is 45.7 cm³/mol. The molecule has 0 amide bonds. The quantitative estimate of drug-likeness (QED) is 0.469. The van der Waals surface area contributed by atoms with Crippen molar-refractivity contribution in [2.75, 3.05) is 0 Å². The van der Waals surface area contributed by atoms with Gasteiger partial charge in [-0.2, -0.15) is 5.26 Å². The Morgan fingerprint density at radius 3 is 2.55 bits per heavy atom. The van der Waals surface area contributed by atoms with Gasteiger partial charge in [-0.25, -0.2) is 0 Å². The summed E-state index contributed by atoms with van der Waals surface area (Å²) in [5.74, 6) is 0. The second-order valence-corrected chi connectivity index (χ2v) is 3.68. The van der Waals surface area contributed by atoms with Crippen molar-refractivity contribution in [3.63, 3.8) is 0 Å². The Morgan fingerprint density at radius 2 is 2.18 bits per heavy atom. The van der Waals surface area contributed by atoms with Gasteiger partial charge in [0.25, 0.3) is 0 Å². The van der Waals surface area contributed by atoms with Gasteiger partial charge in [-0.3, -0.25) is 0 Å². The summed E-state index contributed by atoms with van der Waals surface area (Å²) in [4.78, 5) is 0. The maximum Gasteiger partial charge on any atom is 0.176 e. The lowest BCUT2D eigenvalue weighted by atomic mass is 9.97. The molecule has 3 N–H and O–H groups in total. The third-order valence-electron chi connectivity index (χ3n) is 1.53. The van der Waals surface area contributed by atoms with E-state index in [2.05, 4.69) is 5.32 Å². The molecule has 0 aliphatic carbocycles. The summed E-state index contributed by atoms with van der Waals surface area (Å²) >= 11 is 0. The molecule has 11 heavy (non-hydrogen) atoms. The molecular formula is C8H17N3. The average molecular weight is 155 g/mol. The van der Waals surface area contributed by atoms with Crippen LogP contribution >= 0.6 is 0 Å². The van der Waals surface area contributed by atoms with E-state index in [9.17, 15) is 0 Å². The molecule has 3 heteroatoms. The first-order chi connectivity index (χ1) is 4.95. The highest BCUT2D eigenvalue weighted by Gasteiger charge is 2.11. The summed E-state index contributed by atoms with van der Waals surface area (Å²) in [7, 11) is 0. The van der Waals surface area contributed by atoms with Crippen LogP contribution in [-0.2, 0) is 0 Å². The van der Waals surface area contributed by atoms with Crippen LogP contribution in [0.1, 0.15) is 33.6 Å². The average Bonchev–Trinajstić information content (AvgIpc) is 1.83. The molecule has 0 rings (SSSR count). The lowest BCUT2D eigenvalue weighted by Crippen LogP contribution is -2.34. The highest BCUT2D eigenvalue weighted by atomic mass is 14.9. The largest absolute Gasteiger partial charge is 0.326 e. The normalized spacial score (nSPS) is 13.7. The number of hydrogen-bond acceptors (Lipinski definition) is 3. The van der Waals surface area contributed by atoms with Crippen LogP contribution in [0, 0.1) is 11.5 Å². The van der Waals surface area contributed by atoms with Crippen LogP contribution in [0.25, 0.3) is 0 Å². The summed E-state index contributed by atoms with van der Waals surface area (Å²) < 4.78 is 0. The summed E-state index contributed by atoms with van der Waals surface area (Å²) in [6, 6.07) is 0.239. The second kappa shape index (κ2) is 4.20. The molecule has 0 bridgehead atoms. The zero-order valence-corrected chi connectivity index (χ0v) is 7.52. The number of nitrogens with zero attached hydrogens (tertiary/aromatic N) is 1. The maximum absolute atomic E-state index is 8.27. The molecule has 3 nitrogen and oxygen atoms in total. The number of nitrogens with two attached hydrogens (primary N) is 1. The van der Waals surface area contributed by atoms with Gasteiger partial charge >= 0.3 is 0 Å². The van der Waals surface area contributed by atoms with Gasteiger partial charge in [0.1, 0.15) is 0 Å². The number of nitriles is 1. The minimum Gasteiger partial charge on any atom is -0.326 e. The molecule has 1 atom stereocenters. The summed E-state index contributed by atoms with van der Waals surface area (Å²) in [5.41, 5.74) is 5.65. The first-order valence-electron chi connectivity index (χ1n) is 3.89. The zero-order chi connectivity index (χ0) is 8.91. The van der Waals surface area contributed by atoms with E-state index in [4.69, 9.17) is 11.0 Å². The SMILES string of the molecule is CC(CCC(C)(C)N)NC#N. The van der Waals surface area contributed by atoms with Crippen molar-refractivity contribution < 1.29 is 0 Å². The predicted octanol–water partition coefficient (Wildman–Crippen LogP) is 0.963. The van der Waals surface area contributed by atoms with E-state index in [1.165, 1.54) is 0 Å². The zero-order valence-electron chi connectivity index (χ0n) is 7.52. The maximum atomic E-state index is 8.27. The fourth-order valence-corrected chi connectivity index (χ4v) is 0.771. The van der Waals surface area contributed by atoms with E-state index in [1.807, 2.05) is 27.0 Å². The van der Waals surface area contributed by atoms with Crippen molar-refractivity contribution in [2.24, 2.45) is 5.73 Å². The second-order valence-electron chi connectivity index (χ2n) is 3.68. The molecule has 0 heterocycles. The third-order valence-corrected chi connectivity index (χ3v) is 1.53.